The number of hydrogen-bond acceptors (Lipinski definition) is 5. The summed E-state index contributed by atoms with van der Waals surface area (Å²) in [7, 11) is -3.10. The normalized spacial score (nSPS) is 22.6. The van der Waals surface area contributed by atoms with Gasteiger partial charge in [-0.25, -0.2) is 8.89 Å². The molecular formula is C44H53N5O4S. The minimum Gasteiger partial charge on any atom is -0.372 e. The van der Waals surface area contributed by atoms with Crippen molar-refractivity contribution in [3.63, 3.8) is 0 Å². The molecule has 7 rings (SSSR count). The first-order chi connectivity index (χ1) is 26.3. The van der Waals surface area contributed by atoms with Crippen LogP contribution in [0, 0.1) is 5.92 Å². The van der Waals surface area contributed by atoms with Crippen LogP contribution < -0.4 is 15.4 Å². The van der Waals surface area contributed by atoms with E-state index in [2.05, 4.69) is 68.8 Å². The maximum Gasteiger partial charge on any atom is 0.269 e. The largest absolute Gasteiger partial charge is 0.372 e. The topological polar surface area (TPSA) is 114 Å². The lowest BCUT2D eigenvalue weighted by Crippen LogP contribution is -2.48. The van der Waals surface area contributed by atoms with Crippen LogP contribution >= 0.6 is 0 Å². The van der Waals surface area contributed by atoms with E-state index in [4.69, 9.17) is 4.74 Å². The van der Waals surface area contributed by atoms with Gasteiger partial charge in [-0.15, -0.1) is 0 Å². The Labute approximate surface area is 319 Å². The van der Waals surface area contributed by atoms with Crippen LogP contribution in [0.25, 0.3) is 10.8 Å². The number of carbonyl (C=O) groups excluding carboxylic acids is 2. The highest BCUT2D eigenvalue weighted by atomic mass is 32.2. The van der Waals surface area contributed by atoms with Gasteiger partial charge in [-0.2, -0.15) is 5.10 Å². The van der Waals surface area contributed by atoms with Gasteiger partial charge >= 0.3 is 0 Å². The third kappa shape index (κ3) is 9.51. The van der Waals surface area contributed by atoms with E-state index in [0.717, 1.165) is 87.8 Å². The Hall–Kier alpha value is -4.67. The second kappa shape index (κ2) is 17.6. The molecule has 1 heterocycles. The summed E-state index contributed by atoms with van der Waals surface area (Å²) in [5, 5.41) is 13.0. The number of rotatable bonds is 14. The van der Waals surface area contributed by atoms with Crippen molar-refractivity contribution in [3.05, 3.63) is 114 Å². The van der Waals surface area contributed by atoms with E-state index in [0.29, 0.717) is 17.4 Å². The lowest BCUT2D eigenvalue weighted by molar-refractivity contribution is -0.124. The number of hydrogen-bond donors (Lipinski definition) is 3. The summed E-state index contributed by atoms with van der Waals surface area (Å²) >= 11 is 0. The summed E-state index contributed by atoms with van der Waals surface area (Å²) in [6.45, 7) is 0.396. The van der Waals surface area contributed by atoms with E-state index in [1.165, 1.54) is 15.8 Å². The third-order valence-corrected chi connectivity index (χ3v) is 12.8. The predicted octanol–water partition coefficient (Wildman–Crippen LogP) is 7.78. The molecule has 54 heavy (non-hydrogen) atoms. The van der Waals surface area contributed by atoms with Crippen molar-refractivity contribution in [3.8, 4) is 0 Å². The predicted molar refractivity (Wildman–Crippen MR) is 218 cm³/mol. The Balaban J connectivity index is 1.10. The average Bonchev–Trinajstić information content (AvgIpc) is 3.58. The van der Waals surface area contributed by atoms with Gasteiger partial charge in [0.15, 0.2) is 5.82 Å². The van der Waals surface area contributed by atoms with Crippen LogP contribution in [0.3, 0.4) is 0 Å². The number of aryl methyl sites for hydroxylation is 1. The molecule has 3 aromatic carbocycles. The van der Waals surface area contributed by atoms with Crippen molar-refractivity contribution in [2.24, 2.45) is 5.92 Å². The fourth-order valence-corrected chi connectivity index (χ4v) is 9.68. The number of amides is 2. The number of carbonyl (C=O) groups is 2. The molecule has 0 spiro atoms. The first kappa shape index (κ1) is 37.6. The first-order valence-corrected chi connectivity index (χ1v) is 21.4. The van der Waals surface area contributed by atoms with E-state index >= 15 is 0 Å². The van der Waals surface area contributed by atoms with Gasteiger partial charge in [-0.3, -0.25) is 14.3 Å². The van der Waals surface area contributed by atoms with Crippen molar-refractivity contribution in [2.45, 2.75) is 107 Å². The molecule has 10 heteroatoms. The zero-order valence-corrected chi connectivity index (χ0v) is 31.9. The maximum atomic E-state index is 14.2. The van der Waals surface area contributed by atoms with Crippen LogP contribution in [-0.2, 0) is 32.2 Å². The molecule has 3 aliphatic carbocycles. The van der Waals surface area contributed by atoms with Crippen LogP contribution in [0.4, 0.5) is 5.82 Å². The molecule has 0 radical (unpaired) electrons. The zero-order valence-electron chi connectivity index (χ0n) is 31.1. The molecule has 0 aliphatic heterocycles. The number of benzene rings is 3. The van der Waals surface area contributed by atoms with Gasteiger partial charge in [-0.1, -0.05) is 111 Å². The van der Waals surface area contributed by atoms with Gasteiger partial charge < -0.3 is 15.4 Å². The van der Waals surface area contributed by atoms with Gasteiger partial charge in [0.1, 0.15) is 12.2 Å². The van der Waals surface area contributed by atoms with Gasteiger partial charge in [-0.05, 0) is 91.1 Å². The number of nitrogens with zero attached hydrogens (tertiary/aromatic N) is 2. The van der Waals surface area contributed by atoms with Crippen LogP contribution in [0.1, 0.15) is 86.7 Å². The SMILES string of the molecule is C=S(=O)(Nc1cc(C(=O)N[C@H]2CCCCC2CCc2ccccc2)n(CC(=O)NC2CCCC[C@@H]2OCC2=CC=CCC2)n1)c1cccc2ccccc12. The number of fused-ring (bicyclic) bond motifs is 1. The molecule has 5 atom stereocenters. The molecule has 1 aromatic heterocycles. The summed E-state index contributed by atoms with van der Waals surface area (Å²) in [5.41, 5.74) is 2.80. The van der Waals surface area contributed by atoms with Gasteiger partial charge in [0.2, 0.25) is 5.91 Å². The highest BCUT2D eigenvalue weighted by Gasteiger charge is 2.31. The molecular weight excluding hydrogens is 695 g/mol. The minimum absolute atomic E-state index is 0.00575. The molecule has 3 N–H and O–H groups in total. The molecule has 2 amide bonds. The quantitative estimate of drug-likeness (QED) is 0.114. The van der Waals surface area contributed by atoms with E-state index in [-0.39, 0.29) is 48.1 Å². The van der Waals surface area contributed by atoms with E-state index in [9.17, 15) is 13.8 Å². The molecule has 3 aliphatic rings. The number of ether oxygens (including phenoxy) is 1. The van der Waals surface area contributed by atoms with Gasteiger partial charge in [0, 0.05) is 12.1 Å². The summed E-state index contributed by atoms with van der Waals surface area (Å²) in [6, 6.07) is 25.3. The molecule has 2 saturated carbocycles. The summed E-state index contributed by atoms with van der Waals surface area (Å²) in [4.78, 5) is 28.5. The number of nitrogens with one attached hydrogen (secondary N) is 3. The Bertz CT molecular complexity index is 2080. The van der Waals surface area contributed by atoms with Gasteiger partial charge in [0.25, 0.3) is 5.91 Å². The number of allylic oxidation sites excluding steroid dienone is 3. The molecule has 2 fully saturated rings. The molecule has 284 valence electrons. The first-order valence-electron chi connectivity index (χ1n) is 19.6. The fraction of sp³-hybridized carbons (Fsp3) is 0.409. The van der Waals surface area contributed by atoms with Gasteiger partial charge in [0.05, 0.1) is 33.4 Å². The maximum absolute atomic E-state index is 14.2. The van der Waals surface area contributed by atoms with E-state index in [1.807, 2.05) is 42.5 Å². The number of aromatic nitrogens is 2. The Morgan fingerprint density at radius 1 is 0.889 bits per heavy atom. The molecule has 0 bridgehead atoms. The van der Waals surface area contributed by atoms with Crippen molar-refractivity contribution < 1.29 is 18.5 Å². The van der Waals surface area contributed by atoms with Crippen molar-refractivity contribution >= 4 is 44.0 Å². The highest BCUT2D eigenvalue weighted by Crippen LogP contribution is 2.30. The minimum atomic E-state index is -3.10. The fourth-order valence-electron chi connectivity index (χ4n) is 8.30. The van der Waals surface area contributed by atoms with E-state index < -0.39 is 9.71 Å². The summed E-state index contributed by atoms with van der Waals surface area (Å²) in [5.74, 6) is 4.10. The Morgan fingerprint density at radius 2 is 1.65 bits per heavy atom. The third-order valence-electron chi connectivity index (χ3n) is 11.2. The van der Waals surface area contributed by atoms with Crippen LogP contribution in [0.15, 0.2) is 108 Å². The molecule has 9 nitrogen and oxygen atoms in total. The zero-order chi connectivity index (χ0) is 37.3. The Morgan fingerprint density at radius 3 is 2.48 bits per heavy atom. The Kier molecular flexibility index (Phi) is 12.3. The molecule has 3 unspecified atom stereocenters. The lowest BCUT2D eigenvalue weighted by atomic mass is 9.81. The van der Waals surface area contributed by atoms with Crippen molar-refractivity contribution in [1.29, 1.82) is 0 Å². The number of anilines is 1. The lowest BCUT2D eigenvalue weighted by Gasteiger charge is -2.33. The van der Waals surface area contributed by atoms with Crippen molar-refractivity contribution in [1.82, 2.24) is 20.4 Å². The standard InChI is InChI=1S/C44H53N5O4S/c1-54(52,41-26-14-21-34-19-8-10-22-36(34)41)48-42-29-39(44(51)46-37-23-11-9-20-35(37)28-27-32-15-4-2-5-16-32)49(47-42)30-43(50)45-38-24-12-13-25-40(38)53-31-33-17-6-3-7-18-33/h2-6,8,10,14-17,19,21-22,26,29,35,37-38,40H,1,7,9,11-13,18,20,23-25,27-28,30-31H2,(H,45,50)(H,46,51)(H,47,48,52)/t35?,37-,38?,40-,54?/m0/s1. The highest BCUT2D eigenvalue weighted by molar-refractivity contribution is 8.01. The van der Waals surface area contributed by atoms with Crippen molar-refractivity contribution in [2.75, 3.05) is 11.3 Å². The molecule has 0 saturated heterocycles. The molecule has 4 aromatic rings. The van der Waals surface area contributed by atoms with Crippen LogP contribution in [0.5, 0.6) is 0 Å². The second-order valence-electron chi connectivity index (χ2n) is 15.1. The average molecular weight is 748 g/mol. The monoisotopic (exact) mass is 747 g/mol. The second-order valence-corrected chi connectivity index (χ2v) is 17.1. The van der Waals surface area contributed by atoms with E-state index in [1.54, 1.807) is 12.1 Å². The smallest absolute Gasteiger partial charge is 0.269 e. The van der Waals surface area contributed by atoms with Crippen LogP contribution in [-0.4, -0.2) is 56.5 Å². The van der Waals surface area contributed by atoms with Crippen LogP contribution in [0.2, 0.25) is 0 Å². The summed E-state index contributed by atoms with van der Waals surface area (Å²) < 4.78 is 25.1. The summed E-state index contributed by atoms with van der Waals surface area (Å²) in [6.07, 6.45) is 18.2.